The van der Waals surface area contributed by atoms with Gasteiger partial charge in [-0.05, 0) is 31.2 Å². The lowest BCUT2D eigenvalue weighted by Crippen LogP contribution is -2.47. The maximum Gasteiger partial charge on any atom is 0.317 e. The third kappa shape index (κ3) is 5.90. The zero-order chi connectivity index (χ0) is 16.7. The van der Waals surface area contributed by atoms with Crippen LogP contribution in [0, 0.1) is 0 Å². The number of carboxylic acid groups (broad SMARTS) is 1. The van der Waals surface area contributed by atoms with Crippen molar-refractivity contribution < 1.29 is 19.8 Å². The molecule has 6 heteroatoms. The quantitative estimate of drug-likeness (QED) is 0.645. The van der Waals surface area contributed by atoms with Gasteiger partial charge in [0.25, 0.3) is 0 Å². The van der Waals surface area contributed by atoms with Crippen LogP contribution < -0.4 is 5.32 Å². The Hall–Kier alpha value is -2.08. The fourth-order valence-electron chi connectivity index (χ4n) is 2.62. The van der Waals surface area contributed by atoms with E-state index in [2.05, 4.69) is 5.32 Å². The Morgan fingerprint density at radius 2 is 1.96 bits per heavy atom. The highest BCUT2D eigenvalue weighted by molar-refractivity contribution is 5.75. The number of hydrogen-bond donors (Lipinski definition) is 3. The van der Waals surface area contributed by atoms with Crippen LogP contribution in [0.3, 0.4) is 0 Å². The van der Waals surface area contributed by atoms with Crippen LogP contribution in [0.15, 0.2) is 30.3 Å². The number of nitrogens with zero attached hydrogens (tertiary/aromatic N) is 1. The topological polar surface area (TPSA) is 89.9 Å². The van der Waals surface area contributed by atoms with E-state index in [0.29, 0.717) is 19.4 Å². The number of carbonyl (C=O) groups excluding carboxylic acids is 1. The van der Waals surface area contributed by atoms with Crippen LogP contribution in [0.25, 0.3) is 0 Å². The second kappa shape index (κ2) is 8.53. The number of aliphatic carboxylic acids is 1. The van der Waals surface area contributed by atoms with Crippen molar-refractivity contribution in [2.24, 2.45) is 0 Å². The zero-order valence-electron chi connectivity index (χ0n) is 13.1. The van der Waals surface area contributed by atoms with Crippen LogP contribution in [0.5, 0.6) is 0 Å². The van der Waals surface area contributed by atoms with Crippen LogP contribution in [-0.4, -0.2) is 52.3 Å². The van der Waals surface area contributed by atoms with Crippen LogP contribution in [0.4, 0.5) is 4.79 Å². The summed E-state index contributed by atoms with van der Waals surface area (Å²) in [6.45, 7) is 0.246. The maximum absolute atomic E-state index is 12.4. The molecule has 0 saturated heterocycles. The van der Waals surface area contributed by atoms with Crippen molar-refractivity contribution in [3.63, 3.8) is 0 Å². The molecule has 0 aliphatic heterocycles. The highest BCUT2D eigenvalue weighted by Crippen LogP contribution is 2.26. The Morgan fingerprint density at radius 1 is 1.26 bits per heavy atom. The third-order valence-corrected chi connectivity index (χ3v) is 3.95. The monoisotopic (exact) mass is 320 g/mol. The average Bonchev–Trinajstić information content (AvgIpc) is 3.35. The minimum atomic E-state index is -0.869. The van der Waals surface area contributed by atoms with Gasteiger partial charge in [-0.1, -0.05) is 30.3 Å². The van der Waals surface area contributed by atoms with Gasteiger partial charge in [0.05, 0.1) is 6.61 Å². The van der Waals surface area contributed by atoms with E-state index < -0.39 is 5.97 Å². The first-order chi connectivity index (χ1) is 11.1. The molecule has 0 aromatic heterocycles. The minimum Gasteiger partial charge on any atom is -0.481 e. The molecule has 1 aliphatic rings. The first-order valence-corrected chi connectivity index (χ1v) is 8.04. The second-order valence-electron chi connectivity index (χ2n) is 5.92. The van der Waals surface area contributed by atoms with E-state index in [1.807, 2.05) is 30.3 Å². The van der Waals surface area contributed by atoms with Gasteiger partial charge < -0.3 is 20.4 Å². The number of aliphatic hydroxyl groups excluding tert-OH is 1. The van der Waals surface area contributed by atoms with E-state index in [-0.39, 0.29) is 31.1 Å². The molecular formula is C17H24N2O4. The van der Waals surface area contributed by atoms with Crippen LogP contribution in [0.2, 0.25) is 0 Å². The number of carboxylic acids is 1. The fraction of sp³-hybridized carbons (Fsp3) is 0.529. The molecule has 1 atom stereocenters. The number of nitrogens with one attached hydrogen (secondary N) is 1. The summed E-state index contributed by atoms with van der Waals surface area (Å²) in [7, 11) is 0. The van der Waals surface area contributed by atoms with Gasteiger partial charge >= 0.3 is 12.0 Å². The van der Waals surface area contributed by atoms with Crippen molar-refractivity contribution in [2.75, 3.05) is 13.2 Å². The smallest absolute Gasteiger partial charge is 0.317 e. The number of hydrogen-bond acceptors (Lipinski definition) is 3. The molecule has 126 valence electrons. The summed E-state index contributed by atoms with van der Waals surface area (Å²) >= 11 is 0. The number of urea groups is 1. The Bertz CT molecular complexity index is 517. The first-order valence-electron chi connectivity index (χ1n) is 8.04. The molecule has 2 amide bonds. The molecule has 1 aromatic carbocycles. The van der Waals surface area contributed by atoms with Crippen LogP contribution >= 0.6 is 0 Å². The fourth-order valence-corrected chi connectivity index (χ4v) is 2.62. The van der Waals surface area contributed by atoms with E-state index in [1.54, 1.807) is 4.90 Å². The van der Waals surface area contributed by atoms with Crippen molar-refractivity contribution in [1.29, 1.82) is 0 Å². The van der Waals surface area contributed by atoms with Crippen molar-refractivity contribution >= 4 is 12.0 Å². The highest BCUT2D eigenvalue weighted by Gasteiger charge is 2.32. The van der Waals surface area contributed by atoms with Gasteiger partial charge in [-0.25, -0.2) is 4.79 Å². The van der Waals surface area contributed by atoms with Crippen LogP contribution in [-0.2, 0) is 11.2 Å². The van der Waals surface area contributed by atoms with E-state index >= 15 is 0 Å². The van der Waals surface area contributed by atoms with Gasteiger partial charge in [-0.3, -0.25) is 4.79 Å². The molecule has 2 rings (SSSR count). The number of carbonyl (C=O) groups is 2. The average molecular weight is 320 g/mol. The molecule has 1 aliphatic carbocycles. The second-order valence-corrected chi connectivity index (χ2v) is 5.92. The molecule has 0 spiro atoms. The number of benzene rings is 1. The Kier molecular flexibility index (Phi) is 6.40. The van der Waals surface area contributed by atoms with Gasteiger partial charge in [0.2, 0.25) is 0 Å². The highest BCUT2D eigenvalue weighted by atomic mass is 16.4. The summed E-state index contributed by atoms with van der Waals surface area (Å²) in [4.78, 5) is 24.9. The number of aliphatic hydroxyl groups is 1. The van der Waals surface area contributed by atoms with Crippen molar-refractivity contribution in [1.82, 2.24) is 10.2 Å². The third-order valence-electron chi connectivity index (χ3n) is 3.95. The molecule has 6 nitrogen and oxygen atoms in total. The summed E-state index contributed by atoms with van der Waals surface area (Å²) in [5.74, 6) is -0.869. The van der Waals surface area contributed by atoms with Crippen molar-refractivity contribution in [2.45, 2.75) is 44.2 Å². The summed E-state index contributed by atoms with van der Waals surface area (Å²) in [6.07, 6.45) is 2.92. The normalized spacial score (nSPS) is 15.0. The SMILES string of the molecule is O=C(O)CCC(Cc1ccccc1)NC(=O)N(CCO)C1CC1. The maximum atomic E-state index is 12.4. The lowest BCUT2D eigenvalue weighted by molar-refractivity contribution is -0.137. The van der Waals surface area contributed by atoms with E-state index in [9.17, 15) is 9.59 Å². The summed E-state index contributed by atoms with van der Waals surface area (Å²) in [6, 6.07) is 9.46. The molecule has 1 aromatic rings. The standard InChI is InChI=1S/C17H24N2O4/c20-11-10-19(15-7-8-15)17(23)18-14(6-9-16(21)22)12-13-4-2-1-3-5-13/h1-5,14-15,20H,6-12H2,(H,18,23)(H,21,22). The molecule has 0 bridgehead atoms. The van der Waals surface area contributed by atoms with Crippen molar-refractivity contribution in [3.8, 4) is 0 Å². The Labute approximate surface area is 136 Å². The van der Waals surface area contributed by atoms with Gasteiger partial charge in [0.15, 0.2) is 0 Å². The lowest BCUT2D eigenvalue weighted by atomic mass is 10.0. The molecule has 0 heterocycles. The zero-order valence-corrected chi connectivity index (χ0v) is 13.1. The van der Waals surface area contributed by atoms with Gasteiger partial charge in [-0.15, -0.1) is 0 Å². The van der Waals surface area contributed by atoms with Gasteiger partial charge in [-0.2, -0.15) is 0 Å². The summed E-state index contributed by atoms with van der Waals surface area (Å²) in [5.41, 5.74) is 1.06. The summed E-state index contributed by atoms with van der Waals surface area (Å²) in [5, 5.41) is 20.9. The minimum absolute atomic E-state index is 0.0151. The number of rotatable bonds is 9. The van der Waals surface area contributed by atoms with E-state index in [0.717, 1.165) is 18.4 Å². The Morgan fingerprint density at radius 3 is 2.52 bits per heavy atom. The Balaban J connectivity index is 1.97. The van der Waals surface area contributed by atoms with E-state index in [1.165, 1.54) is 0 Å². The summed E-state index contributed by atoms with van der Waals surface area (Å²) < 4.78 is 0. The van der Waals surface area contributed by atoms with Crippen LogP contribution in [0.1, 0.15) is 31.2 Å². The molecule has 3 N–H and O–H groups in total. The number of amides is 2. The largest absolute Gasteiger partial charge is 0.481 e. The predicted molar refractivity (Wildman–Crippen MR) is 86.1 cm³/mol. The van der Waals surface area contributed by atoms with Gasteiger partial charge in [0.1, 0.15) is 0 Å². The molecule has 1 unspecified atom stereocenters. The lowest BCUT2D eigenvalue weighted by Gasteiger charge is -2.26. The first kappa shape index (κ1) is 17.3. The molecule has 0 radical (unpaired) electrons. The molecule has 1 saturated carbocycles. The van der Waals surface area contributed by atoms with Gasteiger partial charge in [0, 0.05) is 25.0 Å². The van der Waals surface area contributed by atoms with E-state index in [4.69, 9.17) is 10.2 Å². The molecular weight excluding hydrogens is 296 g/mol. The molecule has 1 fully saturated rings. The van der Waals surface area contributed by atoms with Crippen molar-refractivity contribution in [3.05, 3.63) is 35.9 Å². The molecule has 23 heavy (non-hydrogen) atoms. The predicted octanol–water partition coefficient (Wildman–Crippen LogP) is 1.63.